The quantitative estimate of drug-likeness (QED) is 0.170. The summed E-state index contributed by atoms with van der Waals surface area (Å²) in [7, 11) is 0. The van der Waals surface area contributed by atoms with E-state index in [4.69, 9.17) is 4.74 Å². The second-order valence-electron chi connectivity index (χ2n) is 5.22. The summed E-state index contributed by atoms with van der Waals surface area (Å²) in [5.74, 6) is 0.783. The highest BCUT2D eigenvalue weighted by atomic mass is 127. The Bertz CT molecular complexity index is 453. The molecule has 0 unspecified atom stereocenters. The minimum atomic E-state index is -0.0828. The summed E-state index contributed by atoms with van der Waals surface area (Å²) in [6.07, 6.45) is 4.68. The van der Waals surface area contributed by atoms with Gasteiger partial charge in [0.05, 0.1) is 13.2 Å². The van der Waals surface area contributed by atoms with Gasteiger partial charge in [0, 0.05) is 19.5 Å². The van der Waals surface area contributed by atoms with Crippen molar-refractivity contribution < 1.29 is 9.53 Å². The molecule has 0 saturated heterocycles. The zero-order valence-electron chi connectivity index (χ0n) is 14.7. The van der Waals surface area contributed by atoms with Gasteiger partial charge in [0.15, 0.2) is 5.96 Å². The normalized spacial score (nSPS) is 10.8. The fourth-order valence-electron chi connectivity index (χ4n) is 2.08. The Morgan fingerprint density at radius 1 is 1.21 bits per heavy atom. The number of halogens is 1. The van der Waals surface area contributed by atoms with E-state index in [1.165, 1.54) is 5.56 Å². The number of rotatable bonds is 11. The number of guanidine groups is 1. The number of carbonyl (C=O) groups is 1. The van der Waals surface area contributed by atoms with Crippen LogP contribution in [0.1, 0.15) is 51.5 Å². The molecule has 0 aliphatic carbocycles. The maximum atomic E-state index is 11.2. The molecule has 0 fully saturated rings. The molecule has 0 bridgehead atoms. The van der Waals surface area contributed by atoms with Crippen LogP contribution >= 0.6 is 35.3 Å². The van der Waals surface area contributed by atoms with Crippen LogP contribution in [0.2, 0.25) is 0 Å². The third-order valence-electron chi connectivity index (χ3n) is 3.25. The molecule has 138 valence electrons. The van der Waals surface area contributed by atoms with Gasteiger partial charge in [0.25, 0.3) is 0 Å². The predicted octanol–water partition coefficient (Wildman–Crippen LogP) is 3.93. The number of thiophene rings is 1. The van der Waals surface area contributed by atoms with Crippen LogP contribution in [-0.4, -0.2) is 31.6 Å². The van der Waals surface area contributed by atoms with E-state index in [0.29, 0.717) is 19.6 Å². The van der Waals surface area contributed by atoms with Crippen LogP contribution in [0.4, 0.5) is 0 Å². The number of nitrogens with one attached hydrogen (secondary N) is 2. The number of esters is 1. The zero-order valence-corrected chi connectivity index (χ0v) is 17.8. The van der Waals surface area contributed by atoms with E-state index in [1.807, 2.05) is 6.92 Å². The number of unbranched alkanes of at least 4 members (excludes halogenated alkanes) is 3. The Hall–Kier alpha value is -0.830. The number of carbonyl (C=O) groups excluding carboxylic acids is 1. The molecule has 0 aliphatic heterocycles. The lowest BCUT2D eigenvalue weighted by Crippen LogP contribution is -2.37. The summed E-state index contributed by atoms with van der Waals surface area (Å²) < 4.78 is 4.91. The van der Waals surface area contributed by atoms with Crippen LogP contribution in [0, 0.1) is 0 Å². The number of hydrogen-bond donors (Lipinski definition) is 2. The van der Waals surface area contributed by atoms with Gasteiger partial charge in [-0.3, -0.25) is 4.79 Å². The number of hydrogen-bond acceptors (Lipinski definition) is 4. The lowest BCUT2D eigenvalue weighted by molar-refractivity contribution is -0.143. The average Bonchev–Trinajstić information content (AvgIpc) is 3.05. The molecular weight excluding hydrogens is 437 g/mol. The Morgan fingerprint density at radius 3 is 2.67 bits per heavy atom. The van der Waals surface area contributed by atoms with Gasteiger partial charge in [-0.2, -0.15) is 11.3 Å². The number of nitrogens with zero attached hydrogens (tertiary/aromatic N) is 1. The maximum absolute atomic E-state index is 11.2. The molecule has 1 aromatic heterocycles. The van der Waals surface area contributed by atoms with Crippen molar-refractivity contribution in [3.63, 3.8) is 0 Å². The molecule has 0 aliphatic rings. The molecule has 2 N–H and O–H groups in total. The number of aliphatic imine (C=N–C) groups is 1. The van der Waals surface area contributed by atoms with E-state index in [-0.39, 0.29) is 29.9 Å². The van der Waals surface area contributed by atoms with Gasteiger partial charge < -0.3 is 15.4 Å². The molecule has 0 spiro atoms. The van der Waals surface area contributed by atoms with Crippen molar-refractivity contribution in [3.05, 3.63) is 22.4 Å². The zero-order chi connectivity index (χ0) is 16.8. The van der Waals surface area contributed by atoms with Crippen LogP contribution in [0.3, 0.4) is 0 Å². The first kappa shape index (κ1) is 23.2. The first-order valence-electron chi connectivity index (χ1n) is 8.45. The standard InChI is InChI=1S/C17H29N3O2S.HI/c1-3-18-17(20-13-15-10-12-23-14-15)19-11-8-6-5-7-9-16(21)22-4-2;/h10,12,14H,3-9,11,13H2,1-2H3,(H2,18,19,20);1H. The molecular formula is C17H30IN3O2S. The third-order valence-corrected chi connectivity index (χ3v) is 3.98. The van der Waals surface area contributed by atoms with Gasteiger partial charge in [-0.15, -0.1) is 24.0 Å². The van der Waals surface area contributed by atoms with Crippen molar-refractivity contribution in [1.29, 1.82) is 0 Å². The summed E-state index contributed by atoms with van der Waals surface area (Å²) >= 11 is 1.70. The highest BCUT2D eigenvalue weighted by molar-refractivity contribution is 14.0. The third kappa shape index (κ3) is 11.7. The summed E-state index contributed by atoms with van der Waals surface area (Å²) in [6, 6.07) is 2.10. The smallest absolute Gasteiger partial charge is 0.305 e. The lowest BCUT2D eigenvalue weighted by atomic mass is 10.1. The van der Waals surface area contributed by atoms with E-state index in [2.05, 4.69) is 39.4 Å². The van der Waals surface area contributed by atoms with Gasteiger partial charge in [0.2, 0.25) is 0 Å². The van der Waals surface area contributed by atoms with Crippen molar-refractivity contribution >= 4 is 47.2 Å². The minimum Gasteiger partial charge on any atom is -0.466 e. The van der Waals surface area contributed by atoms with Gasteiger partial charge in [-0.25, -0.2) is 4.99 Å². The van der Waals surface area contributed by atoms with Crippen LogP contribution in [0.25, 0.3) is 0 Å². The van der Waals surface area contributed by atoms with Crippen molar-refractivity contribution in [2.24, 2.45) is 4.99 Å². The van der Waals surface area contributed by atoms with E-state index in [0.717, 1.165) is 44.7 Å². The number of ether oxygens (including phenoxy) is 1. The Kier molecular flexibility index (Phi) is 15.1. The highest BCUT2D eigenvalue weighted by Crippen LogP contribution is 2.07. The summed E-state index contributed by atoms with van der Waals surface area (Å²) in [6.45, 7) is 6.84. The van der Waals surface area contributed by atoms with Crippen molar-refractivity contribution in [2.45, 2.75) is 52.5 Å². The molecule has 24 heavy (non-hydrogen) atoms. The molecule has 1 heterocycles. The molecule has 0 saturated carbocycles. The molecule has 0 amide bonds. The Morgan fingerprint density at radius 2 is 2.00 bits per heavy atom. The van der Waals surface area contributed by atoms with Gasteiger partial charge in [-0.1, -0.05) is 12.8 Å². The van der Waals surface area contributed by atoms with Crippen LogP contribution < -0.4 is 10.6 Å². The Balaban J connectivity index is 0.00000529. The van der Waals surface area contributed by atoms with Crippen LogP contribution in [0.5, 0.6) is 0 Å². The topological polar surface area (TPSA) is 62.7 Å². The second-order valence-corrected chi connectivity index (χ2v) is 6.00. The lowest BCUT2D eigenvalue weighted by Gasteiger charge is -2.11. The maximum Gasteiger partial charge on any atom is 0.305 e. The van der Waals surface area contributed by atoms with E-state index < -0.39 is 0 Å². The van der Waals surface area contributed by atoms with Gasteiger partial charge >= 0.3 is 5.97 Å². The first-order chi connectivity index (χ1) is 11.3. The fraction of sp³-hybridized carbons (Fsp3) is 0.647. The van der Waals surface area contributed by atoms with Crippen molar-refractivity contribution in [2.75, 3.05) is 19.7 Å². The fourth-order valence-corrected chi connectivity index (χ4v) is 2.74. The second kappa shape index (κ2) is 15.7. The SMILES string of the molecule is CCNC(=NCc1ccsc1)NCCCCCCC(=O)OCC.I. The van der Waals surface area contributed by atoms with E-state index in [9.17, 15) is 4.79 Å². The Labute approximate surface area is 166 Å². The molecule has 1 rings (SSSR count). The van der Waals surface area contributed by atoms with E-state index in [1.54, 1.807) is 11.3 Å². The summed E-state index contributed by atoms with van der Waals surface area (Å²) in [5, 5.41) is 10.8. The molecule has 7 heteroatoms. The first-order valence-corrected chi connectivity index (χ1v) is 9.39. The van der Waals surface area contributed by atoms with Crippen molar-refractivity contribution in [3.8, 4) is 0 Å². The monoisotopic (exact) mass is 467 g/mol. The summed E-state index contributed by atoms with van der Waals surface area (Å²) in [4.78, 5) is 15.8. The molecule has 0 radical (unpaired) electrons. The predicted molar refractivity (Wildman–Crippen MR) is 112 cm³/mol. The van der Waals surface area contributed by atoms with Gasteiger partial charge in [-0.05, 0) is 49.1 Å². The molecule has 0 aromatic carbocycles. The highest BCUT2D eigenvalue weighted by Gasteiger charge is 2.01. The molecule has 0 atom stereocenters. The van der Waals surface area contributed by atoms with Gasteiger partial charge in [0.1, 0.15) is 0 Å². The van der Waals surface area contributed by atoms with E-state index >= 15 is 0 Å². The average molecular weight is 467 g/mol. The summed E-state index contributed by atoms with van der Waals surface area (Å²) in [5.41, 5.74) is 1.24. The van der Waals surface area contributed by atoms with Crippen LogP contribution in [-0.2, 0) is 16.1 Å². The van der Waals surface area contributed by atoms with Crippen molar-refractivity contribution in [1.82, 2.24) is 10.6 Å². The van der Waals surface area contributed by atoms with Crippen LogP contribution in [0.15, 0.2) is 21.8 Å². The molecule has 5 nitrogen and oxygen atoms in total. The molecule has 1 aromatic rings. The largest absolute Gasteiger partial charge is 0.466 e. The minimum absolute atomic E-state index is 0.